The highest BCUT2D eigenvalue weighted by atomic mass is 19.4. The van der Waals surface area contributed by atoms with Gasteiger partial charge in [-0.3, -0.25) is 0 Å². The van der Waals surface area contributed by atoms with E-state index >= 15 is 0 Å². The Morgan fingerprint density at radius 3 is 1.53 bits per heavy atom. The summed E-state index contributed by atoms with van der Waals surface area (Å²) in [6, 6.07) is -4.39. The number of phenolic OH excluding ortho intramolecular Hbond substituents is 1. The molecule has 208 valence electrons. The van der Waals surface area contributed by atoms with Crippen LogP contribution >= 0.6 is 0 Å². The normalized spacial score (nSPS) is 14.6. The molecule has 0 aliphatic carbocycles. The summed E-state index contributed by atoms with van der Waals surface area (Å²) in [4.78, 5) is 0. The van der Waals surface area contributed by atoms with E-state index in [1.54, 1.807) is 9.47 Å². The molecule has 0 unspecified atom stereocenters. The number of nitrogen functional groups attached to an aromatic ring is 1. The van der Waals surface area contributed by atoms with E-state index in [1.807, 2.05) is 0 Å². The number of hydrogen-bond donors (Lipinski definition) is 2. The molecule has 0 fully saturated rings. The average Bonchev–Trinajstić information content (AvgIpc) is 2.67. The standard InChI is InChI=1S/C15H6F17NO3/c16-7(17)8(18)35-14(29,30)11(23,24)10(21,22)12(25,26)15(31,32)36-13(27,28)9(19,20)4-1-2-6(34)5(33)3-4/h1-3,34H,33H2. The maximum absolute atomic E-state index is 13.9. The molecule has 0 atom stereocenters. The average molecular weight is 571 g/mol. The molecular weight excluding hydrogens is 565 g/mol. The predicted molar refractivity (Wildman–Crippen MR) is 78.6 cm³/mol. The van der Waals surface area contributed by atoms with Gasteiger partial charge in [0, 0.05) is 5.56 Å². The molecule has 1 aromatic rings. The van der Waals surface area contributed by atoms with Gasteiger partial charge in [0.25, 0.3) is 0 Å². The maximum Gasteiger partial charge on any atom is 0.472 e. The third-order valence-electron chi connectivity index (χ3n) is 3.90. The lowest BCUT2D eigenvalue weighted by atomic mass is 10.0. The third kappa shape index (κ3) is 4.88. The van der Waals surface area contributed by atoms with Gasteiger partial charge in [-0.1, -0.05) is 0 Å². The number of aromatic hydroxyl groups is 1. The Balaban J connectivity index is 3.49. The molecule has 1 aromatic carbocycles. The molecule has 0 aliphatic heterocycles. The van der Waals surface area contributed by atoms with Crippen molar-refractivity contribution in [3.05, 3.63) is 35.9 Å². The zero-order valence-corrected chi connectivity index (χ0v) is 16.0. The van der Waals surface area contributed by atoms with E-state index < -0.39 is 71.1 Å². The topological polar surface area (TPSA) is 64.7 Å². The number of nitrogens with two attached hydrogens (primary N) is 1. The second-order valence-corrected chi connectivity index (χ2v) is 6.36. The van der Waals surface area contributed by atoms with Crippen LogP contribution in [0.1, 0.15) is 5.56 Å². The van der Waals surface area contributed by atoms with E-state index in [1.165, 1.54) is 0 Å². The summed E-state index contributed by atoms with van der Waals surface area (Å²) >= 11 is 0. The first-order valence-corrected chi connectivity index (χ1v) is 8.03. The molecule has 0 amide bonds. The smallest absolute Gasteiger partial charge is 0.472 e. The summed E-state index contributed by atoms with van der Waals surface area (Å²) < 4.78 is 228. The van der Waals surface area contributed by atoms with Crippen molar-refractivity contribution < 1.29 is 89.2 Å². The van der Waals surface area contributed by atoms with Crippen LogP contribution in [0.15, 0.2) is 30.3 Å². The van der Waals surface area contributed by atoms with Crippen molar-refractivity contribution in [1.29, 1.82) is 0 Å². The van der Waals surface area contributed by atoms with E-state index in [2.05, 4.69) is 0 Å². The Morgan fingerprint density at radius 1 is 0.667 bits per heavy atom. The molecule has 0 aromatic heterocycles. The number of halogens is 17. The maximum atomic E-state index is 13.9. The van der Waals surface area contributed by atoms with Crippen LogP contribution in [0.4, 0.5) is 80.3 Å². The summed E-state index contributed by atoms with van der Waals surface area (Å²) in [5.41, 5.74) is 1.52. The Hall–Kier alpha value is -2.87. The van der Waals surface area contributed by atoms with Crippen molar-refractivity contribution in [3.63, 3.8) is 0 Å². The largest absolute Gasteiger partial charge is 0.506 e. The van der Waals surface area contributed by atoms with Crippen molar-refractivity contribution in [1.82, 2.24) is 0 Å². The predicted octanol–water partition coefficient (Wildman–Crippen LogP) is 6.82. The molecule has 0 radical (unpaired) electrons. The van der Waals surface area contributed by atoms with E-state index in [4.69, 9.17) is 10.8 Å². The molecule has 0 aliphatic rings. The number of anilines is 1. The number of phenols is 1. The van der Waals surface area contributed by atoms with Gasteiger partial charge in [0.1, 0.15) is 5.75 Å². The van der Waals surface area contributed by atoms with Crippen molar-refractivity contribution in [2.45, 2.75) is 42.0 Å². The lowest BCUT2D eigenvalue weighted by molar-refractivity contribution is -0.511. The highest BCUT2D eigenvalue weighted by molar-refractivity contribution is 5.54. The molecular formula is C15H6F17NO3. The van der Waals surface area contributed by atoms with E-state index in [9.17, 15) is 74.6 Å². The quantitative estimate of drug-likeness (QED) is 0.140. The molecule has 21 heteroatoms. The minimum Gasteiger partial charge on any atom is -0.506 e. The fourth-order valence-corrected chi connectivity index (χ4v) is 1.98. The van der Waals surface area contributed by atoms with E-state index in [-0.39, 0.29) is 18.2 Å². The van der Waals surface area contributed by atoms with Crippen LogP contribution in [0.25, 0.3) is 0 Å². The zero-order chi connectivity index (χ0) is 28.9. The van der Waals surface area contributed by atoms with Crippen molar-refractivity contribution in [2.24, 2.45) is 0 Å². The van der Waals surface area contributed by atoms with Crippen molar-refractivity contribution >= 4 is 5.69 Å². The SMILES string of the molecule is Nc1cc(C(F)(F)C(F)(F)OC(F)(F)C(F)(F)C(F)(F)C(F)(F)C(F)(F)OC(F)=C(F)F)ccc1O. The van der Waals surface area contributed by atoms with Gasteiger partial charge >= 0.3 is 54.1 Å². The summed E-state index contributed by atoms with van der Waals surface area (Å²) in [6.45, 7) is 0. The fourth-order valence-electron chi connectivity index (χ4n) is 1.98. The van der Waals surface area contributed by atoms with Crippen molar-refractivity contribution in [3.8, 4) is 5.75 Å². The minimum absolute atomic E-state index is 0.131. The van der Waals surface area contributed by atoms with Gasteiger partial charge in [-0.05, 0) is 18.2 Å². The highest BCUT2D eigenvalue weighted by Crippen LogP contribution is 2.59. The number of rotatable bonds is 10. The van der Waals surface area contributed by atoms with Gasteiger partial charge in [-0.15, -0.1) is 0 Å². The van der Waals surface area contributed by atoms with Gasteiger partial charge in [0.05, 0.1) is 5.69 Å². The Morgan fingerprint density at radius 2 is 1.11 bits per heavy atom. The Kier molecular flexibility index (Phi) is 7.71. The number of ether oxygens (including phenoxy) is 2. The summed E-state index contributed by atoms with van der Waals surface area (Å²) in [5.74, 6) is -32.1. The zero-order valence-electron chi connectivity index (χ0n) is 16.0. The van der Waals surface area contributed by atoms with Crippen LogP contribution in [-0.4, -0.2) is 41.2 Å². The number of alkyl halides is 14. The van der Waals surface area contributed by atoms with Crippen LogP contribution in [0.5, 0.6) is 5.75 Å². The Bertz CT molecular complexity index is 1000. The van der Waals surface area contributed by atoms with Crippen LogP contribution in [0.2, 0.25) is 0 Å². The van der Waals surface area contributed by atoms with Gasteiger partial charge in [-0.25, -0.2) is 4.74 Å². The van der Waals surface area contributed by atoms with E-state index in [0.29, 0.717) is 0 Å². The molecule has 0 heterocycles. The molecule has 0 bridgehead atoms. The highest BCUT2D eigenvalue weighted by Gasteiger charge is 2.89. The summed E-state index contributed by atoms with van der Waals surface area (Å²) in [5, 5.41) is 9.02. The van der Waals surface area contributed by atoms with Crippen LogP contribution < -0.4 is 5.73 Å². The third-order valence-corrected chi connectivity index (χ3v) is 3.90. The van der Waals surface area contributed by atoms with Gasteiger partial charge in [0.2, 0.25) is 0 Å². The molecule has 0 spiro atoms. The first-order valence-electron chi connectivity index (χ1n) is 8.03. The monoisotopic (exact) mass is 571 g/mol. The lowest BCUT2D eigenvalue weighted by Crippen LogP contribution is -2.69. The fraction of sp³-hybridized carbons (Fsp3) is 0.467. The van der Waals surface area contributed by atoms with Gasteiger partial charge in [0.15, 0.2) is 0 Å². The van der Waals surface area contributed by atoms with Gasteiger partial charge < -0.3 is 15.6 Å². The second-order valence-electron chi connectivity index (χ2n) is 6.36. The summed E-state index contributed by atoms with van der Waals surface area (Å²) in [6.07, 6.45) is -26.4. The number of benzene rings is 1. The van der Waals surface area contributed by atoms with Crippen LogP contribution in [-0.2, 0) is 15.4 Å². The molecule has 1 rings (SSSR count). The van der Waals surface area contributed by atoms with E-state index in [0.717, 1.165) is 0 Å². The van der Waals surface area contributed by atoms with Crippen LogP contribution in [0, 0.1) is 0 Å². The van der Waals surface area contributed by atoms with Crippen molar-refractivity contribution in [2.75, 3.05) is 5.73 Å². The lowest BCUT2D eigenvalue weighted by Gasteiger charge is -2.39. The second kappa shape index (κ2) is 8.91. The number of hydrogen-bond acceptors (Lipinski definition) is 4. The molecule has 0 saturated carbocycles. The summed E-state index contributed by atoms with van der Waals surface area (Å²) in [7, 11) is 0. The minimum atomic E-state index is -8.35. The molecule has 0 saturated heterocycles. The Labute approximate surface area is 185 Å². The molecule has 3 N–H and O–H groups in total. The molecule has 36 heavy (non-hydrogen) atoms. The van der Waals surface area contributed by atoms with Gasteiger partial charge in [-0.2, -0.15) is 74.6 Å². The van der Waals surface area contributed by atoms with Crippen LogP contribution in [0.3, 0.4) is 0 Å². The first-order chi connectivity index (χ1) is 15.7. The molecule has 4 nitrogen and oxygen atoms in total. The first kappa shape index (κ1) is 31.2.